The van der Waals surface area contributed by atoms with Gasteiger partial charge < -0.3 is 9.84 Å². The summed E-state index contributed by atoms with van der Waals surface area (Å²) in [4.78, 5) is 10.8. The summed E-state index contributed by atoms with van der Waals surface area (Å²) in [5.74, 6) is -1.15. The van der Waals surface area contributed by atoms with Gasteiger partial charge in [-0.3, -0.25) is 0 Å². The van der Waals surface area contributed by atoms with Gasteiger partial charge in [-0.25, -0.2) is 17.5 Å². The van der Waals surface area contributed by atoms with E-state index in [0.29, 0.717) is 19.6 Å². The van der Waals surface area contributed by atoms with Crippen molar-refractivity contribution in [2.75, 3.05) is 27.3 Å². The number of hydrogen-bond acceptors (Lipinski definition) is 4. The fourth-order valence-corrected chi connectivity index (χ4v) is 2.78. The van der Waals surface area contributed by atoms with E-state index >= 15 is 0 Å². The van der Waals surface area contributed by atoms with Crippen molar-refractivity contribution in [1.82, 2.24) is 4.31 Å². The van der Waals surface area contributed by atoms with Gasteiger partial charge in [0.1, 0.15) is 0 Å². The zero-order valence-corrected chi connectivity index (χ0v) is 11.7. The largest absolute Gasteiger partial charge is 0.478 e. The molecule has 1 N–H and O–H groups in total. The maximum absolute atomic E-state index is 12.2. The van der Waals surface area contributed by atoms with Crippen LogP contribution in [0.3, 0.4) is 0 Å². The number of benzene rings is 1. The summed E-state index contributed by atoms with van der Waals surface area (Å²) in [6.07, 6.45) is 0.574. The van der Waals surface area contributed by atoms with Gasteiger partial charge in [-0.2, -0.15) is 0 Å². The van der Waals surface area contributed by atoms with Crippen molar-refractivity contribution in [2.24, 2.45) is 0 Å². The lowest BCUT2D eigenvalue weighted by molar-refractivity contribution is 0.0696. The van der Waals surface area contributed by atoms with Crippen LogP contribution in [0, 0.1) is 0 Å². The third kappa shape index (κ3) is 4.02. The fourth-order valence-electron chi connectivity index (χ4n) is 1.52. The molecule has 6 nitrogen and oxygen atoms in total. The first-order chi connectivity index (χ1) is 8.89. The van der Waals surface area contributed by atoms with Gasteiger partial charge in [0.15, 0.2) is 0 Å². The molecule has 0 aromatic heterocycles. The van der Waals surface area contributed by atoms with Crippen LogP contribution in [-0.2, 0) is 14.8 Å². The van der Waals surface area contributed by atoms with E-state index < -0.39 is 16.0 Å². The lowest BCUT2D eigenvalue weighted by Crippen LogP contribution is -2.28. The molecule has 7 heteroatoms. The van der Waals surface area contributed by atoms with Crippen LogP contribution >= 0.6 is 0 Å². The van der Waals surface area contributed by atoms with Gasteiger partial charge in [0.25, 0.3) is 0 Å². The Bertz CT molecular complexity index is 541. The molecule has 0 unspecified atom stereocenters. The molecule has 19 heavy (non-hydrogen) atoms. The van der Waals surface area contributed by atoms with Crippen LogP contribution in [0.1, 0.15) is 16.8 Å². The van der Waals surface area contributed by atoms with Crippen molar-refractivity contribution in [2.45, 2.75) is 11.3 Å². The van der Waals surface area contributed by atoms with Gasteiger partial charge in [-0.05, 0) is 24.6 Å². The predicted octanol–water partition coefficient (Wildman–Crippen LogP) is 1.04. The Labute approximate surface area is 112 Å². The molecule has 0 amide bonds. The quantitative estimate of drug-likeness (QED) is 0.758. The predicted molar refractivity (Wildman–Crippen MR) is 69.7 cm³/mol. The van der Waals surface area contributed by atoms with Crippen molar-refractivity contribution in [3.8, 4) is 0 Å². The fraction of sp³-hybridized carbons (Fsp3) is 0.417. The maximum atomic E-state index is 12.2. The third-order valence-electron chi connectivity index (χ3n) is 2.61. The number of rotatable bonds is 7. The van der Waals surface area contributed by atoms with E-state index in [1.807, 2.05) is 0 Å². The van der Waals surface area contributed by atoms with Crippen LogP contribution < -0.4 is 0 Å². The number of carboxylic acids is 1. The highest BCUT2D eigenvalue weighted by molar-refractivity contribution is 7.89. The SMILES string of the molecule is COCCCN(C)S(=O)(=O)c1cccc(C(=O)O)c1. The van der Waals surface area contributed by atoms with Crippen molar-refractivity contribution in [3.63, 3.8) is 0 Å². The first-order valence-electron chi connectivity index (χ1n) is 5.68. The maximum Gasteiger partial charge on any atom is 0.335 e. The smallest absolute Gasteiger partial charge is 0.335 e. The molecule has 1 aromatic rings. The molecule has 0 radical (unpaired) electrons. The average molecular weight is 287 g/mol. The molecule has 1 rings (SSSR count). The number of sulfonamides is 1. The number of carbonyl (C=O) groups is 1. The highest BCUT2D eigenvalue weighted by atomic mass is 32.2. The Balaban J connectivity index is 2.93. The van der Waals surface area contributed by atoms with Gasteiger partial charge >= 0.3 is 5.97 Å². The van der Waals surface area contributed by atoms with Gasteiger partial charge in [-0.15, -0.1) is 0 Å². The Morgan fingerprint density at radius 1 is 1.42 bits per heavy atom. The zero-order valence-electron chi connectivity index (χ0n) is 10.9. The summed E-state index contributed by atoms with van der Waals surface area (Å²) in [7, 11) is -0.658. The molecule has 0 fully saturated rings. The number of nitrogens with zero attached hydrogens (tertiary/aromatic N) is 1. The minimum Gasteiger partial charge on any atom is -0.478 e. The molecule has 1 aromatic carbocycles. The average Bonchev–Trinajstić information content (AvgIpc) is 2.39. The second-order valence-corrected chi connectivity index (χ2v) is 6.05. The normalized spacial score (nSPS) is 11.7. The standard InChI is InChI=1S/C12H17NO5S/c1-13(7-4-8-18-2)19(16,17)11-6-3-5-10(9-11)12(14)15/h3,5-6,9H,4,7-8H2,1-2H3,(H,14,15). The van der Waals surface area contributed by atoms with E-state index in [4.69, 9.17) is 9.84 Å². The molecule has 0 atom stereocenters. The van der Waals surface area contributed by atoms with E-state index in [-0.39, 0.29) is 10.5 Å². The molecule has 0 aliphatic rings. The molecular formula is C12H17NO5S. The van der Waals surface area contributed by atoms with Gasteiger partial charge in [0, 0.05) is 27.3 Å². The van der Waals surface area contributed by atoms with E-state index in [2.05, 4.69) is 0 Å². The number of carboxylic acid groups (broad SMARTS) is 1. The number of ether oxygens (including phenoxy) is 1. The summed E-state index contributed by atoms with van der Waals surface area (Å²) in [6.45, 7) is 0.780. The molecular weight excluding hydrogens is 270 g/mol. The number of hydrogen-bond donors (Lipinski definition) is 1. The second-order valence-electron chi connectivity index (χ2n) is 4.01. The van der Waals surface area contributed by atoms with E-state index in [9.17, 15) is 13.2 Å². The Morgan fingerprint density at radius 2 is 2.11 bits per heavy atom. The van der Waals surface area contributed by atoms with E-state index in [1.165, 1.54) is 29.6 Å². The van der Waals surface area contributed by atoms with Crippen LogP contribution in [0.15, 0.2) is 29.2 Å². The van der Waals surface area contributed by atoms with Crippen LogP contribution in [-0.4, -0.2) is 51.1 Å². The lowest BCUT2D eigenvalue weighted by atomic mass is 10.2. The molecule has 0 aliphatic carbocycles. The van der Waals surface area contributed by atoms with Crippen molar-refractivity contribution in [1.29, 1.82) is 0 Å². The van der Waals surface area contributed by atoms with Crippen LogP contribution in [0.4, 0.5) is 0 Å². The molecule has 0 bridgehead atoms. The summed E-state index contributed by atoms with van der Waals surface area (Å²) in [6, 6.07) is 5.31. The summed E-state index contributed by atoms with van der Waals surface area (Å²) >= 11 is 0. The third-order valence-corrected chi connectivity index (χ3v) is 4.46. The van der Waals surface area contributed by atoms with Crippen LogP contribution in [0.5, 0.6) is 0 Å². The molecule has 0 saturated carbocycles. The summed E-state index contributed by atoms with van der Waals surface area (Å²) in [5, 5.41) is 8.86. The highest BCUT2D eigenvalue weighted by Gasteiger charge is 2.21. The van der Waals surface area contributed by atoms with Crippen molar-refractivity contribution < 1.29 is 23.1 Å². The Hall–Kier alpha value is -1.44. The van der Waals surface area contributed by atoms with Crippen LogP contribution in [0.2, 0.25) is 0 Å². The van der Waals surface area contributed by atoms with Gasteiger partial charge in [0.05, 0.1) is 10.5 Å². The monoisotopic (exact) mass is 287 g/mol. The highest BCUT2D eigenvalue weighted by Crippen LogP contribution is 2.16. The van der Waals surface area contributed by atoms with Gasteiger partial charge in [0.2, 0.25) is 10.0 Å². The first-order valence-corrected chi connectivity index (χ1v) is 7.12. The summed E-state index contributed by atoms with van der Waals surface area (Å²) < 4.78 is 30.4. The molecule has 106 valence electrons. The minimum atomic E-state index is -3.66. The first kappa shape index (κ1) is 15.6. The van der Waals surface area contributed by atoms with Gasteiger partial charge in [-0.1, -0.05) is 6.07 Å². The van der Waals surface area contributed by atoms with Crippen molar-refractivity contribution >= 4 is 16.0 Å². The van der Waals surface area contributed by atoms with E-state index in [0.717, 1.165) is 6.07 Å². The molecule has 0 heterocycles. The Kier molecular flexibility index (Phi) is 5.46. The topological polar surface area (TPSA) is 83.9 Å². The molecule has 0 aliphatic heterocycles. The van der Waals surface area contributed by atoms with Crippen molar-refractivity contribution in [3.05, 3.63) is 29.8 Å². The van der Waals surface area contributed by atoms with Crippen LogP contribution in [0.25, 0.3) is 0 Å². The number of aromatic carboxylic acids is 1. The zero-order chi connectivity index (χ0) is 14.5. The second kappa shape index (κ2) is 6.65. The number of methoxy groups -OCH3 is 1. The minimum absolute atomic E-state index is 0.0210. The molecule has 0 spiro atoms. The summed E-state index contributed by atoms with van der Waals surface area (Å²) in [5.41, 5.74) is -0.0497. The lowest BCUT2D eigenvalue weighted by Gasteiger charge is -2.17. The Morgan fingerprint density at radius 3 is 2.68 bits per heavy atom. The van der Waals surface area contributed by atoms with E-state index in [1.54, 1.807) is 7.11 Å². The molecule has 0 saturated heterocycles.